The first-order valence-electron chi connectivity index (χ1n) is 11.2. The van der Waals surface area contributed by atoms with Gasteiger partial charge in [0.2, 0.25) is 15.9 Å². The number of amides is 1. The zero-order valence-electron chi connectivity index (χ0n) is 18.5. The van der Waals surface area contributed by atoms with Crippen LogP contribution in [0, 0.1) is 6.92 Å². The van der Waals surface area contributed by atoms with Crippen LogP contribution in [-0.2, 0) is 14.8 Å². The molecule has 2 aliphatic rings. The Labute approximate surface area is 190 Å². The van der Waals surface area contributed by atoms with Crippen LogP contribution in [0.5, 0.6) is 5.75 Å². The van der Waals surface area contributed by atoms with Crippen molar-refractivity contribution in [2.24, 2.45) is 0 Å². The molecule has 0 aromatic heterocycles. The van der Waals surface area contributed by atoms with Gasteiger partial charge in [0.05, 0.1) is 4.90 Å². The number of rotatable bonds is 7. The normalized spacial score (nSPS) is 20.4. The molecule has 172 valence electrons. The summed E-state index contributed by atoms with van der Waals surface area (Å²) < 4.78 is 33.5. The molecule has 2 aliphatic heterocycles. The second-order valence-corrected chi connectivity index (χ2v) is 10.3. The van der Waals surface area contributed by atoms with E-state index in [0.29, 0.717) is 39.1 Å². The maximum absolute atomic E-state index is 13.2. The van der Waals surface area contributed by atoms with Crippen molar-refractivity contribution in [3.05, 3.63) is 60.2 Å². The number of nitrogens with zero attached hydrogens (tertiary/aromatic N) is 3. The number of para-hydroxylation sites is 1. The number of carbonyl (C=O) groups excluding carboxylic acids is 1. The van der Waals surface area contributed by atoms with Crippen LogP contribution in [0.3, 0.4) is 0 Å². The number of sulfonamides is 1. The Morgan fingerprint density at radius 2 is 1.66 bits per heavy atom. The van der Waals surface area contributed by atoms with E-state index in [2.05, 4.69) is 4.90 Å². The lowest BCUT2D eigenvalue weighted by molar-refractivity contribution is -0.136. The Morgan fingerprint density at radius 3 is 2.34 bits per heavy atom. The summed E-state index contributed by atoms with van der Waals surface area (Å²) in [5.74, 6) is 0.788. The van der Waals surface area contributed by atoms with E-state index in [4.69, 9.17) is 4.74 Å². The van der Waals surface area contributed by atoms with E-state index in [1.165, 1.54) is 4.31 Å². The molecular formula is C24H31N3O4S. The number of hydrogen-bond donors (Lipinski definition) is 0. The molecule has 2 saturated heterocycles. The molecule has 2 aromatic carbocycles. The SMILES string of the molecule is Cc1ccc(S(=O)(=O)N2CCC[C@H]2C(=O)N2CCN(CCOc3ccccc3)CC2)cc1. The number of carbonyl (C=O) groups is 1. The number of benzene rings is 2. The minimum Gasteiger partial charge on any atom is -0.492 e. The van der Waals surface area contributed by atoms with Gasteiger partial charge in [-0.1, -0.05) is 35.9 Å². The van der Waals surface area contributed by atoms with Crippen molar-refractivity contribution in [2.75, 3.05) is 45.9 Å². The highest BCUT2D eigenvalue weighted by Crippen LogP contribution is 2.28. The summed E-state index contributed by atoms with van der Waals surface area (Å²) in [6.07, 6.45) is 1.29. The summed E-state index contributed by atoms with van der Waals surface area (Å²) in [5.41, 5.74) is 1.00. The fourth-order valence-corrected chi connectivity index (χ4v) is 5.98. The van der Waals surface area contributed by atoms with Crippen LogP contribution >= 0.6 is 0 Å². The topological polar surface area (TPSA) is 70.2 Å². The van der Waals surface area contributed by atoms with E-state index < -0.39 is 16.1 Å². The fraction of sp³-hybridized carbons (Fsp3) is 0.458. The molecule has 0 bridgehead atoms. The van der Waals surface area contributed by atoms with Crippen molar-refractivity contribution in [3.63, 3.8) is 0 Å². The van der Waals surface area contributed by atoms with Gasteiger partial charge in [0.1, 0.15) is 18.4 Å². The van der Waals surface area contributed by atoms with Gasteiger partial charge in [-0.2, -0.15) is 4.31 Å². The Bertz CT molecular complexity index is 1000. The summed E-state index contributed by atoms with van der Waals surface area (Å²) in [6, 6.07) is 16.0. The van der Waals surface area contributed by atoms with Crippen molar-refractivity contribution < 1.29 is 17.9 Å². The lowest BCUT2D eigenvalue weighted by Crippen LogP contribution is -2.54. The van der Waals surface area contributed by atoms with Gasteiger partial charge in [0, 0.05) is 39.3 Å². The first kappa shape index (κ1) is 22.8. The molecule has 7 nitrogen and oxygen atoms in total. The quantitative estimate of drug-likeness (QED) is 0.639. The van der Waals surface area contributed by atoms with Gasteiger partial charge in [-0.25, -0.2) is 8.42 Å². The van der Waals surface area contributed by atoms with Gasteiger partial charge in [0.25, 0.3) is 0 Å². The molecular weight excluding hydrogens is 426 g/mol. The highest BCUT2D eigenvalue weighted by molar-refractivity contribution is 7.89. The van der Waals surface area contributed by atoms with E-state index in [1.807, 2.05) is 42.2 Å². The molecule has 1 amide bonds. The minimum atomic E-state index is -3.68. The van der Waals surface area contributed by atoms with E-state index in [-0.39, 0.29) is 10.8 Å². The van der Waals surface area contributed by atoms with Crippen LogP contribution in [0.25, 0.3) is 0 Å². The number of piperazine rings is 1. The van der Waals surface area contributed by atoms with Crippen LogP contribution in [0.2, 0.25) is 0 Å². The molecule has 32 heavy (non-hydrogen) atoms. The largest absolute Gasteiger partial charge is 0.492 e. The zero-order chi connectivity index (χ0) is 22.6. The monoisotopic (exact) mass is 457 g/mol. The molecule has 4 rings (SSSR count). The molecule has 0 unspecified atom stereocenters. The summed E-state index contributed by atoms with van der Waals surface area (Å²) in [5, 5.41) is 0. The summed E-state index contributed by atoms with van der Waals surface area (Å²) >= 11 is 0. The van der Waals surface area contributed by atoms with E-state index in [1.54, 1.807) is 24.3 Å². The second-order valence-electron chi connectivity index (χ2n) is 8.42. The molecule has 0 N–H and O–H groups in total. The third-order valence-electron chi connectivity index (χ3n) is 6.22. The van der Waals surface area contributed by atoms with Gasteiger partial charge in [-0.15, -0.1) is 0 Å². The van der Waals surface area contributed by atoms with Crippen LogP contribution < -0.4 is 4.74 Å². The molecule has 0 radical (unpaired) electrons. The Hall–Kier alpha value is -2.42. The van der Waals surface area contributed by atoms with Crippen molar-refractivity contribution in [1.29, 1.82) is 0 Å². The maximum Gasteiger partial charge on any atom is 0.243 e. The average molecular weight is 458 g/mol. The average Bonchev–Trinajstić information content (AvgIpc) is 3.31. The van der Waals surface area contributed by atoms with Crippen LogP contribution in [0.1, 0.15) is 18.4 Å². The molecule has 8 heteroatoms. The van der Waals surface area contributed by atoms with Gasteiger partial charge >= 0.3 is 0 Å². The Balaban J connectivity index is 1.31. The lowest BCUT2D eigenvalue weighted by Gasteiger charge is -2.37. The molecule has 2 aromatic rings. The smallest absolute Gasteiger partial charge is 0.243 e. The van der Waals surface area contributed by atoms with E-state index >= 15 is 0 Å². The summed E-state index contributed by atoms with van der Waals surface area (Å²) in [7, 11) is -3.68. The molecule has 1 atom stereocenters. The Kier molecular flexibility index (Phi) is 7.13. The highest BCUT2D eigenvalue weighted by Gasteiger charge is 2.41. The predicted octanol–water partition coefficient (Wildman–Crippen LogP) is 2.37. The Morgan fingerprint density at radius 1 is 0.969 bits per heavy atom. The first-order valence-corrected chi connectivity index (χ1v) is 12.7. The second kappa shape index (κ2) is 10.0. The number of aryl methyl sites for hydroxylation is 1. The van der Waals surface area contributed by atoms with Gasteiger partial charge < -0.3 is 9.64 Å². The van der Waals surface area contributed by atoms with Crippen molar-refractivity contribution in [3.8, 4) is 5.75 Å². The lowest BCUT2D eigenvalue weighted by atomic mass is 10.2. The summed E-state index contributed by atoms with van der Waals surface area (Å²) in [6.45, 7) is 6.47. The minimum absolute atomic E-state index is 0.0710. The zero-order valence-corrected chi connectivity index (χ0v) is 19.3. The van der Waals surface area contributed by atoms with Crippen molar-refractivity contribution in [2.45, 2.75) is 30.7 Å². The third-order valence-corrected chi connectivity index (χ3v) is 8.14. The summed E-state index contributed by atoms with van der Waals surface area (Å²) in [4.78, 5) is 17.6. The standard InChI is InChI=1S/C24H31N3O4S/c1-20-9-11-22(12-10-20)32(29,30)27-13-5-8-23(27)24(28)26-16-14-25(15-17-26)18-19-31-21-6-3-2-4-7-21/h2-4,6-7,9-12,23H,5,8,13-19H2,1H3/t23-/m0/s1. The highest BCUT2D eigenvalue weighted by atomic mass is 32.2. The van der Waals surface area contributed by atoms with Crippen molar-refractivity contribution in [1.82, 2.24) is 14.1 Å². The van der Waals surface area contributed by atoms with Gasteiger partial charge in [-0.05, 0) is 44.0 Å². The molecule has 0 aliphatic carbocycles. The van der Waals surface area contributed by atoms with Crippen LogP contribution in [-0.4, -0.2) is 80.3 Å². The van der Waals surface area contributed by atoms with Crippen LogP contribution in [0.15, 0.2) is 59.5 Å². The van der Waals surface area contributed by atoms with Gasteiger partial charge in [-0.3, -0.25) is 9.69 Å². The van der Waals surface area contributed by atoms with Crippen LogP contribution in [0.4, 0.5) is 0 Å². The van der Waals surface area contributed by atoms with Gasteiger partial charge in [0.15, 0.2) is 0 Å². The molecule has 0 saturated carbocycles. The predicted molar refractivity (Wildman–Crippen MR) is 123 cm³/mol. The first-order chi connectivity index (χ1) is 15.4. The molecule has 2 fully saturated rings. The number of ether oxygens (including phenoxy) is 1. The maximum atomic E-state index is 13.2. The number of hydrogen-bond acceptors (Lipinski definition) is 5. The third kappa shape index (κ3) is 5.14. The molecule has 0 spiro atoms. The van der Waals surface area contributed by atoms with E-state index in [9.17, 15) is 13.2 Å². The van der Waals surface area contributed by atoms with Crippen molar-refractivity contribution >= 4 is 15.9 Å². The van der Waals surface area contributed by atoms with E-state index in [0.717, 1.165) is 30.9 Å². The molecule has 2 heterocycles. The fourth-order valence-electron chi connectivity index (χ4n) is 4.33.